The van der Waals surface area contributed by atoms with Crippen molar-refractivity contribution in [3.63, 3.8) is 0 Å². The number of hydrogen-bond acceptors (Lipinski definition) is 2. The van der Waals surface area contributed by atoms with Crippen LogP contribution in [0.3, 0.4) is 0 Å². The highest BCUT2D eigenvalue weighted by molar-refractivity contribution is 7.99. The van der Waals surface area contributed by atoms with Crippen molar-refractivity contribution >= 4 is 25.3 Å². The van der Waals surface area contributed by atoms with E-state index in [2.05, 4.69) is 32.2 Å². The first-order valence-corrected chi connectivity index (χ1v) is 5.16. The molecule has 0 saturated carbocycles. The van der Waals surface area contributed by atoms with Gasteiger partial charge in [0.25, 0.3) is 0 Å². The standard InChI is InChI=1S/C8H18S2/c1-2-3-4-5-6-7-8(9)10/h8-10H,2-7H2,1H3. The smallest absolute Gasteiger partial charge is 0.0442 e. The third-order valence-electron chi connectivity index (χ3n) is 1.57. The first-order chi connectivity index (χ1) is 4.77. The molecule has 10 heavy (non-hydrogen) atoms. The molecule has 0 fully saturated rings. The lowest BCUT2D eigenvalue weighted by molar-refractivity contribution is 0.623. The maximum Gasteiger partial charge on any atom is 0.0442 e. The van der Waals surface area contributed by atoms with E-state index in [0.29, 0.717) is 4.58 Å². The van der Waals surface area contributed by atoms with Crippen LogP contribution in [0.5, 0.6) is 0 Å². The minimum atomic E-state index is 0.293. The van der Waals surface area contributed by atoms with Crippen molar-refractivity contribution < 1.29 is 0 Å². The Morgan fingerprint density at radius 2 is 1.60 bits per heavy atom. The summed E-state index contributed by atoms with van der Waals surface area (Å²) >= 11 is 8.37. The zero-order chi connectivity index (χ0) is 7.82. The molecule has 0 N–H and O–H groups in total. The summed E-state index contributed by atoms with van der Waals surface area (Å²) in [6.07, 6.45) is 7.87. The Kier molecular flexibility index (Phi) is 8.35. The summed E-state index contributed by atoms with van der Waals surface area (Å²) in [6, 6.07) is 0. The van der Waals surface area contributed by atoms with Crippen molar-refractivity contribution in [2.24, 2.45) is 0 Å². The molecule has 2 heteroatoms. The van der Waals surface area contributed by atoms with Crippen LogP contribution in [0.2, 0.25) is 0 Å². The predicted molar refractivity (Wildman–Crippen MR) is 55.1 cm³/mol. The second-order valence-electron chi connectivity index (χ2n) is 2.68. The predicted octanol–water partition coefficient (Wildman–Crippen LogP) is 3.53. The lowest BCUT2D eigenvalue weighted by Gasteiger charge is -2.01. The molecule has 0 aromatic carbocycles. The van der Waals surface area contributed by atoms with Gasteiger partial charge in [-0.1, -0.05) is 39.0 Å². The van der Waals surface area contributed by atoms with Gasteiger partial charge in [0, 0.05) is 4.58 Å². The van der Waals surface area contributed by atoms with E-state index < -0.39 is 0 Å². The summed E-state index contributed by atoms with van der Waals surface area (Å²) in [4.78, 5) is 0. The third-order valence-corrected chi connectivity index (χ3v) is 2.08. The first kappa shape index (κ1) is 10.7. The van der Waals surface area contributed by atoms with Crippen LogP contribution < -0.4 is 0 Å². The van der Waals surface area contributed by atoms with Gasteiger partial charge in [-0.05, 0) is 6.42 Å². The molecule has 62 valence electrons. The zero-order valence-electron chi connectivity index (χ0n) is 6.71. The minimum absolute atomic E-state index is 0.293. The zero-order valence-corrected chi connectivity index (χ0v) is 8.50. The number of thiol groups is 2. The topological polar surface area (TPSA) is 0 Å². The minimum Gasteiger partial charge on any atom is -0.165 e. The van der Waals surface area contributed by atoms with Gasteiger partial charge in [-0.2, -0.15) is 25.3 Å². The molecule has 0 radical (unpaired) electrons. The largest absolute Gasteiger partial charge is 0.165 e. The van der Waals surface area contributed by atoms with Crippen LogP contribution in [0.4, 0.5) is 0 Å². The summed E-state index contributed by atoms with van der Waals surface area (Å²) in [5.41, 5.74) is 0. The molecule has 0 aliphatic rings. The molecule has 0 aromatic rings. The normalized spacial score (nSPS) is 10.8. The lowest BCUT2D eigenvalue weighted by atomic mass is 10.1. The third kappa shape index (κ3) is 8.70. The molecule has 0 atom stereocenters. The van der Waals surface area contributed by atoms with E-state index in [1.165, 1.54) is 32.1 Å². The van der Waals surface area contributed by atoms with Crippen LogP contribution in [0.25, 0.3) is 0 Å². The van der Waals surface area contributed by atoms with Crippen LogP contribution in [-0.2, 0) is 0 Å². The summed E-state index contributed by atoms with van der Waals surface area (Å²) < 4.78 is 0.293. The van der Waals surface area contributed by atoms with Gasteiger partial charge >= 0.3 is 0 Å². The highest BCUT2D eigenvalue weighted by Gasteiger charge is 1.94. The molecule has 0 heterocycles. The fourth-order valence-electron chi connectivity index (χ4n) is 0.930. The van der Waals surface area contributed by atoms with Crippen molar-refractivity contribution in [1.82, 2.24) is 0 Å². The maximum absolute atomic E-state index is 4.19. The van der Waals surface area contributed by atoms with E-state index in [0.717, 1.165) is 6.42 Å². The Labute approximate surface area is 75.6 Å². The Morgan fingerprint density at radius 3 is 2.10 bits per heavy atom. The van der Waals surface area contributed by atoms with Gasteiger partial charge < -0.3 is 0 Å². The van der Waals surface area contributed by atoms with Crippen LogP contribution >= 0.6 is 25.3 Å². The Bertz CT molecular complexity index is 62.3. The van der Waals surface area contributed by atoms with Crippen LogP contribution in [0.1, 0.15) is 45.4 Å². The van der Waals surface area contributed by atoms with Crippen LogP contribution in [0.15, 0.2) is 0 Å². The number of hydrogen-bond donors (Lipinski definition) is 2. The van der Waals surface area contributed by atoms with E-state index in [1.807, 2.05) is 0 Å². The van der Waals surface area contributed by atoms with E-state index in [-0.39, 0.29) is 0 Å². The van der Waals surface area contributed by atoms with Crippen LogP contribution in [-0.4, -0.2) is 4.58 Å². The monoisotopic (exact) mass is 178 g/mol. The molecule has 0 aromatic heterocycles. The fraction of sp³-hybridized carbons (Fsp3) is 1.00. The molecule has 0 unspecified atom stereocenters. The first-order valence-electron chi connectivity index (χ1n) is 4.13. The summed E-state index contributed by atoms with van der Waals surface area (Å²) in [6.45, 7) is 2.24. The second-order valence-corrected chi connectivity index (χ2v) is 4.34. The van der Waals surface area contributed by atoms with Gasteiger partial charge in [-0.25, -0.2) is 0 Å². The van der Waals surface area contributed by atoms with Crippen molar-refractivity contribution in [2.45, 2.75) is 50.0 Å². The molecular weight excluding hydrogens is 160 g/mol. The van der Waals surface area contributed by atoms with Gasteiger partial charge in [0.1, 0.15) is 0 Å². The van der Waals surface area contributed by atoms with Gasteiger partial charge in [0.05, 0.1) is 0 Å². The van der Waals surface area contributed by atoms with E-state index in [1.54, 1.807) is 0 Å². The van der Waals surface area contributed by atoms with E-state index in [4.69, 9.17) is 0 Å². The molecule has 0 spiro atoms. The van der Waals surface area contributed by atoms with E-state index >= 15 is 0 Å². The van der Waals surface area contributed by atoms with Crippen molar-refractivity contribution in [1.29, 1.82) is 0 Å². The lowest BCUT2D eigenvalue weighted by Crippen LogP contribution is -1.86. The molecular formula is C8H18S2. The van der Waals surface area contributed by atoms with Gasteiger partial charge in [0.15, 0.2) is 0 Å². The summed E-state index contributed by atoms with van der Waals surface area (Å²) in [7, 11) is 0. The molecule has 0 nitrogen and oxygen atoms in total. The van der Waals surface area contributed by atoms with Gasteiger partial charge in [0.2, 0.25) is 0 Å². The Hall–Kier alpha value is 0.700. The molecule has 0 aliphatic carbocycles. The SMILES string of the molecule is CCCCCCCC(S)S. The average molecular weight is 178 g/mol. The Balaban J connectivity index is 2.77. The fourth-order valence-corrected chi connectivity index (χ4v) is 1.30. The molecule has 0 bridgehead atoms. The van der Waals surface area contributed by atoms with E-state index in [9.17, 15) is 0 Å². The highest BCUT2D eigenvalue weighted by atomic mass is 32.2. The van der Waals surface area contributed by atoms with Crippen molar-refractivity contribution in [3.8, 4) is 0 Å². The molecule has 0 rings (SSSR count). The molecule has 0 aliphatic heterocycles. The number of rotatable bonds is 6. The number of unbranched alkanes of at least 4 members (excludes halogenated alkanes) is 4. The van der Waals surface area contributed by atoms with Crippen molar-refractivity contribution in [2.75, 3.05) is 0 Å². The second kappa shape index (κ2) is 7.80. The Morgan fingerprint density at radius 1 is 1.00 bits per heavy atom. The maximum atomic E-state index is 4.19. The average Bonchev–Trinajstić information content (AvgIpc) is 1.87. The van der Waals surface area contributed by atoms with Crippen molar-refractivity contribution in [3.05, 3.63) is 0 Å². The molecule has 0 amide bonds. The van der Waals surface area contributed by atoms with Crippen LogP contribution in [0, 0.1) is 0 Å². The molecule has 0 saturated heterocycles. The summed E-state index contributed by atoms with van der Waals surface area (Å²) in [5.74, 6) is 0. The summed E-state index contributed by atoms with van der Waals surface area (Å²) in [5, 5.41) is 0. The van der Waals surface area contributed by atoms with Gasteiger partial charge in [-0.15, -0.1) is 0 Å². The van der Waals surface area contributed by atoms with Gasteiger partial charge in [-0.3, -0.25) is 0 Å². The highest BCUT2D eigenvalue weighted by Crippen LogP contribution is 2.12. The quantitative estimate of drug-likeness (QED) is 0.347.